The Morgan fingerprint density at radius 3 is 2.91 bits per heavy atom. The first-order chi connectivity index (χ1) is 11.2. The van der Waals surface area contributed by atoms with Crippen LogP contribution in [0.2, 0.25) is 0 Å². The van der Waals surface area contributed by atoms with Crippen LogP contribution in [0.25, 0.3) is 0 Å². The minimum Gasteiger partial charge on any atom is -0.480 e. The normalized spacial score (nSPS) is 27.8. The zero-order valence-electron chi connectivity index (χ0n) is 13.4. The van der Waals surface area contributed by atoms with E-state index >= 15 is 0 Å². The molecule has 2 saturated heterocycles. The van der Waals surface area contributed by atoms with Gasteiger partial charge in [-0.25, -0.2) is 9.97 Å². The van der Waals surface area contributed by atoms with Gasteiger partial charge in [0.15, 0.2) is 0 Å². The van der Waals surface area contributed by atoms with Gasteiger partial charge in [0.25, 0.3) is 5.91 Å². The number of carbonyl (C=O) groups is 1. The lowest BCUT2D eigenvalue weighted by molar-refractivity contribution is -0.0484. The highest BCUT2D eigenvalue weighted by Crippen LogP contribution is 2.33. The van der Waals surface area contributed by atoms with Gasteiger partial charge in [-0.15, -0.1) is 0 Å². The van der Waals surface area contributed by atoms with Crippen LogP contribution in [0.15, 0.2) is 12.4 Å². The molecule has 0 radical (unpaired) electrons. The van der Waals surface area contributed by atoms with Gasteiger partial charge in [0.05, 0.1) is 38.3 Å². The molecule has 1 aromatic heterocycles. The molecule has 1 amide bonds. The number of fused-ring (bicyclic) bond motifs is 1. The Morgan fingerprint density at radius 1 is 1.35 bits per heavy atom. The summed E-state index contributed by atoms with van der Waals surface area (Å²) in [7, 11) is 1.53. The molecule has 1 saturated carbocycles. The molecule has 3 fully saturated rings. The van der Waals surface area contributed by atoms with E-state index in [-0.39, 0.29) is 12.0 Å². The van der Waals surface area contributed by atoms with Crippen molar-refractivity contribution in [1.82, 2.24) is 19.8 Å². The van der Waals surface area contributed by atoms with Gasteiger partial charge in [0, 0.05) is 26.2 Å². The van der Waals surface area contributed by atoms with Gasteiger partial charge in [-0.05, 0) is 18.8 Å². The molecule has 124 valence electrons. The van der Waals surface area contributed by atoms with Crippen molar-refractivity contribution in [1.29, 1.82) is 0 Å². The molecule has 1 aliphatic carbocycles. The predicted molar refractivity (Wildman–Crippen MR) is 82.3 cm³/mol. The number of hydrogen-bond donors (Lipinski definition) is 0. The smallest absolute Gasteiger partial charge is 0.274 e. The largest absolute Gasteiger partial charge is 0.480 e. The highest BCUT2D eigenvalue weighted by molar-refractivity contribution is 5.92. The van der Waals surface area contributed by atoms with E-state index < -0.39 is 0 Å². The van der Waals surface area contributed by atoms with Crippen LogP contribution in [0.1, 0.15) is 23.3 Å². The number of nitrogens with zero attached hydrogens (tertiary/aromatic N) is 4. The summed E-state index contributed by atoms with van der Waals surface area (Å²) in [5.41, 5.74) is 0.359. The topological polar surface area (TPSA) is 67.8 Å². The standard InChI is InChI=1S/C16H22N4O3/c1-22-15-7-17-12(6-18-15)16(21)20-9-13-14(10-20)23-5-4-19(13)8-11-2-3-11/h6-7,11,13-14H,2-5,8-10H2,1H3/t13-,14-/m0/s1. The van der Waals surface area contributed by atoms with Gasteiger partial charge < -0.3 is 14.4 Å². The molecule has 0 unspecified atom stereocenters. The summed E-state index contributed by atoms with van der Waals surface area (Å²) in [5, 5.41) is 0. The number of likely N-dealkylation sites (tertiary alicyclic amines) is 1. The number of morpholine rings is 1. The molecule has 3 heterocycles. The van der Waals surface area contributed by atoms with Crippen LogP contribution in [0, 0.1) is 5.92 Å². The monoisotopic (exact) mass is 318 g/mol. The fourth-order valence-electron chi connectivity index (χ4n) is 3.48. The van der Waals surface area contributed by atoms with Crippen molar-refractivity contribution >= 4 is 5.91 Å². The van der Waals surface area contributed by atoms with Crippen LogP contribution in [-0.4, -0.2) is 77.7 Å². The zero-order valence-corrected chi connectivity index (χ0v) is 13.4. The van der Waals surface area contributed by atoms with E-state index in [4.69, 9.17) is 9.47 Å². The molecule has 3 aliphatic rings. The molecule has 2 atom stereocenters. The SMILES string of the molecule is COc1cnc(C(=O)N2C[C@@H]3OCCN(CC4CC4)[C@H]3C2)cn1. The minimum atomic E-state index is -0.0791. The van der Waals surface area contributed by atoms with E-state index in [0.717, 1.165) is 25.6 Å². The fourth-order valence-corrected chi connectivity index (χ4v) is 3.48. The molecular formula is C16H22N4O3. The van der Waals surface area contributed by atoms with Crippen molar-refractivity contribution in [2.24, 2.45) is 5.92 Å². The second kappa shape index (κ2) is 6.05. The van der Waals surface area contributed by atoms with E-state index in [2.05, 4.69) is 14.9 Å². The highest BCUT2D eigenvalue weighted by atomic mass is 16.5. The van der Waals surface area contributed by atoms with Crippen molar-refractivity contribution in [3.05, 3.63) is 18.1 Å². The first-order valence-corrected chi connectivity index (χ1v) is 8.25. The third-order valence-electron chi connectivity index (χ3n) is 4.95. The van der Waals surface area contributed by atoms with Gasteiger partial charge in [0.1, 0.15) is 5.69 Å². The lowest BCUT2D eigenvalue weighted by Crippen LogP contribution is -2.51. The van der Waals surface area contributed by atoms with Crippen molar-refractivity contribution in [3.63, 3.8) is 0 Å². The second-order valence-corrected chi connectivity index (χ2v) is 6.57. The van der Waals surface area contributed by atoms with Crippen molar-refractivity contribution in [2.45, 2.75) is 25.0 Å². The Hall–Kier alpha value is -1.73. The second-order valence-electron chi connectivity index (χ2n) is 6.57. The molecule has 2 aliphatic heterocycles. The Morgan fingerprint density at radius 2 is 2.22 bits per heavy atom. The first kappa shape index (κ1) is 14.8. The average Bonchev–Trinajstić information content (AvgIpc) is 3.29. The Labute approximate surface area is 135 Å². The molecule has 0 spiro atoms. The number of ether oxygens (including phenoxy) is 2. The molecule has 7 nitrogen and oxygen atoms in total. The summed E-state index contributed by atoms with van der Waals surface area (Å²) in [4.78, 5) is 25.2. The van der Waals surface area contributed by atoms with Crippen LogP contribution >= 0.6 is 0 Å². The minimum absolute atomic E-state index is 0.0791. The summed E-state index contributed by atoms with van der Waals surface area (Å²) in [5.74, 6) is 1.19. The summed E-state index contributed by atoms with van der Waals surface area (Å²) >= 11 is 0. The molecule has 0 aromatic carbocycles. The molecular weight excluding hydrogens is 296 g/mol. The third kappa shape index (κ3) is 3.03. The third-order valence-corrected chi connectivity index (χ3v) is 4.95. The lowest BCUT2D eigenvalue weighted by Gasteiger charge is -2.36. The highest BCUT2D eigenvalue weighted by Gasteiger charge is 2.43. The average molecular weight is 318 g/mol. The number of aromatic nitrogens is 2. The van der Waals surface area contributed by atoms with E-state index in [1.54, 1.807) is 0 Å². The Kier molecular flexibility index (Phi) is 3.90. The maximum absolute atomic E-state index is 12.6. The summed E-state index contributed by atoms with van der Waals surface area (Å²) in [6.07, 6.45) is 5.77. The van der Waals surface area contributed by atoms with Crippen LogP contribution in [0.5, 0.6) is 5.88 Å². The van der Waals surface area contributed by atoms with Crippen LogP contribution in [-0.2, 0) is 4.74 Å². The van der Waals surface area contributed by atoms with Crippen molar-refractivity contribution < 1.29 is 14.3 Å². The number of carbonyl (C=O) groups excluding carboxylic acids is 1. The van der Waals surface area contributed by atoms with Gasteiger partial charge in [-0.3, -0.25) is 9.69 Å². The molecule has 1 aromatic rings. The number of hydrogen-bond acceptors (Lipinski definition) is 6. The summed E-state index contributed by atoms with van der Waals surface area (Å²) in [6, 6.07) is 0.319. The van der Waals surface area contributed by atoms with Gasteiger partial charge in [-0.2, -0.15) is 0 Å². The van der Waals surface area contributed by atoms with E-state index in [1.807, 2.05) is 4.90 Å². The number of amides is 1. The maximum Gasteiger partial charge on any atom is 0.274 e. The quantitative estimate of drug-likeness (QED) is 0.801. The van der Waals surface area contributed by atoms with Gasteiger partial charge in [-0.1, -0.05) is 0 Å². The Bertz CT molecular complexity index is 575. The number of rotatable bonds is 4. The summed E-state index contributed by atoms with van der Waals surface area (Å²) in [6.45, 7) is 4.23. The maximum atomic E-state index is 12.6. The first-order valence-electron chi connectivity index (χ1n) is 8.25. The van der Waals surface area contributed by atoms with Crippen molar-refractivity contribution in [3.8, 4) is 5.88 Å². The van der Waals surface area contributed by atoms with Gasteiger partial charge >= 0.3 is 0 Å². The van der Waals surface area contributed by atoms with Crippen LogP contribution < -0.4 is 4.74 Å². The molecule has 0 bridgehead atoms. The Balaban J connectivity index is 1.44. The van der Waals surface area contributed by atoms with Crippen LogP contribution in [0.4, 0.5) is 0 Å². The van der Waals surface area contributed by atoms with Crippen LogP contribution in [0.3, 0.4) is 0 Å². The number of methoxy groups -OCH3 is 1. The lowest BCUT2D eigenvalue weighted by atomic mass is 10.1. The predicted octanol–water partition coefficient (Wildman–Crippen LogP) is 0.420. The van der Waals surface area contributed by atoms with E-state index in [0.29, 0.717) is 30.7 Å². The van der Waals surface area contributed by atoms with E-state index in [1.165, 1.54) is 32.3 Å². The van der Waals surface area contributed by atoms with Crippen molar-refractivity contribution in [2.75, 3.05) is 39.9 Å². The molecule has 4 rings (SSSR count). The fraction of sp³-hybridized carbons (Fsp3) is 0.688. The summed E-state index contributed by atoms with van der Waals surface area (Å²) < 4.78 is 10.9. The molecule has 23 heavy (non-hydrogen) atoms. The molecule has 7 heteroatoms. The molecule has 0 N–H and O–H groups in total. The van der Waals surface area contributed by atoms with Gasteiger partial charge in [0.2, 0.25) is 5.88 Å². The zero-order chi connectivity index (χ0) is 15.8. The van der Waals surface area contributed by atoms with E-state index in [9.17, 15) is 4.79 Å².